The number of carbonyl (C=O) groups excluding carboxylic acids is 2. The van der Waals surface area contributed by atoms with Gasteiger partial charge in [0.25, 0.3) is 0 Å². The standard InChI is InChI=1S/C35H36N2O5/c1-4-8-21-17-28-30(27-19-23(41-20(2)38)12-13-24(27)35(39)40-3)29-18-22-9-6-15-37-16-7-11-26(32(22)37)34(29)42-33(28)25-10-5-14-36-31(21)25/h12-13,17-19H,4-11,14-16H2,1-3H3. The van der Waals surface area contributed by atoms with Gasteiger partial charge in [-0.25, -0.2) is 4.79 Å². The molecule has 4 heterocycles. The first kappa shape index (κ1) is 26.7. The molecule has 0 saturated carbocycles. The van der Waals surface area contributed by atoms with Gasteiger partial charge in [0.1, 0.15) is 17.2 Å². The average molecular weight is 565 g/mol. The maximum Gasteiger partial charge on any atom is 0.338 e. The molecule has 0 fully saturated rings. The molecule has 0 unspecified atom stereocenters. The molecular weight excluding hydrogens is 528 g/mol. The van der Waals surface area contributed by atoms with Gasteiger partial charge in [-0.05, 0) is 86.4 Å². The van der Waals surface area contributed by atoms with Crippen molar-refractivity contribution in [2.24, 2.45) is 4.99 Å². The van der Waals surface area contributed by atoms with Crippen LogP contribution in [0.4, 0.5) is 5.69 Å². The molecule has 0 aliphatic carbocycles. The molecule has 7 nitrogen and oxygen atoms in total. The summed E-state index contributed by atoms with van der Waals surface area (Å²) in [6.07, 6.45) is 7.91. The highest BCUT2D eigenvalue weighted by Crippen LogP contribution is 2.49. The third kappa shape index (κ3) is 4.29. The van der Waals surface area contributed by atoms with E-state index in [9.17, 15) is 9.59 Å². The van der Waals surface area contributed by atoms with Crippen molar-refractivity contribution in [3.05, 3.63) is 79.9 Å². The summed E-state index contributed by atoms with van der Waals surface area (Å²) in [5.74, 6) is 1.26. The van der Waals surface area contributed by atoms with Crippen LogP contribution in [0.1, 0.15) is 83.3 Å². The van der Waals surface area contributed by atoms with E-state index in [1.807, 2.05) is 6.07 Å². The maximum absolute atomic E-state index is 13.2. The molecule has 42 heavy (non-hydrogen) atoms. The summed E-state index contributed by atoms with van der Waals surface area (Å²) in [7, 11) is 1.40. The second-order valence-electron chi connectivity index (χ2n) is 11.7. The van der Waals surface area contributed by atoms with Gasteiger partial charge in [0, 0.05) is 65.3 Å². The molecule has 0 amide bonds. The van der Waals surface area contributed by atoms with Gasteiger partial charge in [0.05, 0.1) is 18.0 Å². The Morgan fingerprint density at radius 2 is 1.79 bits per heavy atom. The zero-order valence-corrected chi connectivity index (χ0v) is 24.6. The summed E-state index contributed by atoms with van der Waals surface area (Å²) in [4.78, 5) is 32.7. The number of aryl methyl sites for hydroxylation is 2. The first-order valence-electron chi connectivity index (χ1n) is 15.2. The van der Waals surface area contributed by atoms with Gasteiger partial charge in [-0.2, -0.15) is 0 Å². The zero-order valence-electron chi connectivity index (χ0n) is 24.6. The van der Waals surface area contributed by atoms with E-state index in [4.69, 9.17) is 19.2 Å². The predicted molar refractivity (Wildman–Crippen MR) is 160 cm³/mol. The lowest BCUT2D eigenvalue weighted by Crippen LogP contribution is -2.36. The number of fused-ring (bicyclic) bond motifs is 5. The van der Waals surface area contributed by atoms with E-state index in [-0.39, 0.29) is 0 Å². The van der Waals surface area contributed by atoms with E-state index < -0.39 is 11.9 Å². The molecule has 4 aliphatic heterocycles. The molecule has 0 radical (unpaired) electrons. The van der Waals surface area contributed by atoms with E-state index in [2.05, 4.69) is 24.0 Å². The number of methoxy groups -OCH3 is 1. The first-order valence-corrected chi connectivity index (χ1v) is 15.2. The summed E-state index contributed by atoms with van der Waals surface area (Å²) < 4.78 is 17.9. The molecule has 4 aliphatic rings. The van der Waals surface area contributed by atoms with Gasteiger partial charge in [-0.1, -0.05) is 13.3 Å². The second kappa shape index (κ2) is 10.6. The van der Waals surface area contributed by atoms with Crippen molar-refractivity contribution in [1.82, 2.24) is 0 Å². The summed E-state index contributed by atoms with van der Waals surface area (Å²) in [6.45, 7) is 6.52. The lowest BCUT2D eigenvalue weighted by atomic mass is 9.82. The van der Waals surface area contributed by atoms with Gasteiger partial charge in [0.15, 0.2) is 0 Å². The Labute approximate surface area is 245 Å². The third-order valence-corrected chi connectivity index (χ3v) is 8.94. The quantitative estimate of drug-likeness (QED) is 0.252. The number of benzene rings is 3. The number of hydrogen-bond acceptors (Lipinski definition) is 7. The Hall–Kier alpha value is -4.13. The summed E-state index contributed by atoms with van der Waals surface area (Å²) >= 11 is 0. The Kier molecular flexibility index (Phi) is 6.76. The molecule has 0 atom stereocenters. The maximum atomic E-state index is 13.2. The van der Waals surface area contributed by atoms with Crippen LogP contribution >= 0.6 is 0 Å². The molecular formula is C35H36N2O5. The number of anilines is 1. The fraction of sp³-hybridized carbons (Fsp3) is 0.400. The molecule has 0 bridgehead atoms. The molecule has 0 saturated heterocycles. The molecule has 0 aromatic heterocycles. The van der Waals surface area contributed by atoms with Crippen LogP contribution in [0, 0.1) is 0 Å². The third-order valence-electron chi connectivity index (χ3n) is 8.94. The summed E-state index contributed by atoms with van der Waals surface area (Å²) in [5, 5.41) is 2.03. The van der Waals surface area contributed by atoms with Gasteiger partial charge in [-0.15, -0.1) is 0 Å². The Bertz CT molecular complexity index is 1770. The number of carbonyl (C=O) groups is 2. The van der Waals surface area contributed by atoms with Crippen LogP contribution in [-0.4, -0.2) is 38.7 Å². The summed E-state index contributed by atoms with van der Waals surface area (Å²) in [5.41, 5.74) is 9.29. The van der Waals surface area contributed by atoms with Crippen molar-refractivity contribution in [2.45, 2.75) is 65.2 Å². The SMILES string of the molecule is CCCc1cc2c(c3c1=NCCC3)Oc1c(cc3c4c1CCCN4CCC3)C=2c1cc(OC(C)=O)ccc1C(=O)OC. The first-order chi connectivity index (χ1) is 20.5. The van der Waals surface area contributed by atoms with E-state index >= 15 is 0 Å². The van der Waals surface area contributed by atoms with Crippen molar-refractivity contribution < 1.29 is 23.8 Å². The largest absolute Gasteiger partial charge is 0.465 e. The molecule has 3 aromatic carbocycles. The van der Waals surface area contributed by atoms with Gasteiger partial charge < -0.3 is 19.1 Å². The fourth-order valence-electron chi connectivity index (χ4n) is 7.33. The monoisotopic (exact) mass is 564 g/mol. The highest BCUT2D eigenvalue weighted by molar-refractivity contribution is 6.00. The van der Waals surface area contributed by atoms with Crippen LogP contribution in [0.3, 0.4) is 0 Å². The second-order valence-corrected chi connectivity index (χ2v) is 11.7. The van der Waals surface area contributed by atoms with Crippen molar-refractivity contribution in [3.8, 4) is 17.2 Å². The number of nitrogens with zero attached hydrogens (tertiary/aromatic N) is 2. The normalized spacial score (nSPS) is 16.3. The topological polar surface area (TPSA) is 77.4 Å². The van der Waals surface area contributed by atoms with Crippen LogP contribution in [0.2, 0.25) is 0 Å². The van der Waals surface area contributed by atoms with Crippen LogP contribution in [0.5, 0.6) is 17.2 Å². The van der Waals surface area contributed by atoms with Crippen LogP contribution in [0.15, 0.2) is 35.3 Å². The number of rotatable bonds is 5. The minimum Gasteiger partial charge on any atom is -0.465 e. The van der Waals surface area contributed by atoms with Crippen molar-refractivity contribution in [2.75, 3.05) is 31.6 Å². The fourth-order valence-corrected chi connectivity index (χ4v) is 7.33. The number of hydrogen-bond donors (Lipinski definition) is 0. The molecule has 7 heteroatoms. The number of esters is 2. The minimum atomic E-state index is -0.436. The van der Waals surface area contributed by atoms with Gasteiger partial charge in [0.2, 0.25) is 0 Å². The molecule has 0 spiro atoms. The van der Waals surface area contributed by atoms with E-state index in [1.54, 1.807) is 12.1 Å². The van der Waals surface area contributed by atoms with Gasteiger partial charge >= 0.3 is 11.9 Å². The summed E-state index contributed by atoms with van der Waals surface area (Å²) in [6, 6.07) is 9.67. The smallest absolute Gasteiger partial charge is 0.338 e. The molecule has 216 valence electrons. The molecule has 7 rings (SSSR count). The predicted octanol–water partition coefficient (Wildman–Crippen LogP) is 4.97. The highest BCUT2D eigenvalue weighted by Gasteiger charge is 2.34. The van der Waals surface area contributed by atoms with Crippen LogP contribution in [0.25, 0.3) is 5.57 Å². The zero-order chi connectivity index (χ0) is 29.0. The van der Waals surface area contributed by atoms with E-state index in [1.165, 1.54) is 36.4 Å². The average Bonchev–Trinajstić information content (AvgIpc) is 3.00. The Balaban J connectivity index is 1.63. The molecule has 3 aromatic rings. The van der Waals surface area contributed by atoms with Crippen LogP contribution in [-0.2, 0) is 35.2 Å². The molecule has 0 N–H and O–H groups in total. The van der Waals surface area contributed by atoms with Crippen molar-refractivity contribution in [3.63, 3.8) is 0 Å². The van der Waals surface area contributed by atoms with E-state index in [0.717, 1.165) is 110 Å². The number of ether oxygens (including phenoxy) is 3. The van der Waals surface area contributed by atoms with Crippen LogP contribution < -0.4 is 24.9 Å². The highest BCUT2D eigenvalue weighted by atomic mass is 16.5. The lowest BCUT2D eigenvalue weighted by Gasteiger charge is -2.39. The Morgan fingerprint density at radius 1 is 0.976 bits per heavy atom. The minimum absolute atomic E-state index is 0.388. The van der Waals surface area contributed by atoms with Gasteiger partial charge in [-0.3, -0.25) is 9.79 Å². The Morgan fingerprint density at radius 3 is 2.57 bits per heavy atom. The van der Waals surface area contributed by atoms with E-state index in [0.29, 0.717) is 16.9 Å². The van der Waals surface area contributed by atoms with Crippen molar-refractivity contribution >= 4 is 23.2 Å². The van der Waals surface area contributed by atoms with Crippen molar-refractivity contribution in [1.29, 1.82) is 0 Å². The lowest BCUT2D eigenvalue weighted by molar-refractivity contribution is -0.131.